The summed E-state index contributed by atoms with van der Waals surface area (Å²) >= 11 is 0. The maximum Gasteiger partial charge on any atom is 0.164 e. The number of ether oxygens (including phenoxy) is 2. The number of phenols is 1. The topological polar surface area (TPSA) is 50.7 Å². The monoisotopic (exact) mass is 361 g/mol. The minimum Gasteiger partial charge on any atom is -0.504 e. The molecule has 2 N–H and O–H groups in total. The van der Waals surface area contributed by atoms with Crippen molar-refractivity contribution in [2.45, 2.75) is 32.0 Å². The summed E-state index contributed by atoms with van der Waals surface area (Å²) in [7, 11) is 5.66. The molecule has 0 fully saturated rings. The van der Waals surface area contributed by atoms with E-state index in [-0.39, 0.29) is 10.9 Å². The van der Waals surface area contributed by atoms with Gasteiger partial charge in [-0.1, -0.05) is 46.7 Å². The normalized spacial score (nSPS) is 13.8. The summed E-state index contributed by atoms with van der Waals surface area (Å²) in [4.78, 5) is 0. The molecule has 0 spiro atoms. The Bertz CT molecular complexity index is 720. The van der Waals surface area contributed by atoms with Gasteiger partial charge in [0.05, 0.1) is 14.2 Å². The number of aromatic hydroxyl groups is 1. The second-order valence-electron chi connectivity index (χ2n) is 6.22. The molecule has 0 saturated carbocycles. The summed E-state index contributed by atoms with van der Waals surface area (Å²) in [5, 5.41) is 15.1. The number of hydrogen-bond donors (Lipinski definition) is 2. The lowest BCUT2D eigenvalue weighted by Crippen LogP contribution is -2.22. The third-order valence-electron chi connectivity index (χ3n) is 4.60. The van der Waals surface area contributed by atoms with E-state index in [4.69, 9.17) is 9.47 Å². The minimum absolute atomic E-state index is 0.200. The molecule has 136 valence electrons. The summed E-state index contributed by atoms with van der Waals surface area (Å²) < 4.78 is 10.7. The molecule has 4 nitrogen and oxygen atoms in total. The molecule has 0 aromatic heterocycles. The highest BCUT2D eigenvalue weighted by molar-refractivity contribution is 7.48. The number of hydrogen-bond acceptors (Lipinski definition) is 4. The van der Waals surface area contributed by atoms with Crippen LogP contribution in [-0.2, 0) is 11.7 Å². The van der Waals surface area contributed by atoms with E-state index in [1.807, 2.05) is 13.1 Å². The molecular weight excluding hydrogens is 333 g/mol. The highest BCUT2D eigenvalue weighted by atomic mass is 31.1. The van der Waals surface area contributed by atoms with Crippen LogP contribution < -0.4 is 20.1 Å². The molecule has 2 unspecified atom stereocenters. The predicted molar refractivity (Wildman–Crippen MR) is 106 cm³/mol. The van der Waals surface area contributed by atoms with E-state index in [1.165, 1.54) is 10.9 Å². The van der Waals surface area contributed by atoms with Crippen LogP contribution in [0, 0.1) is 0 Å². The number of methoxy groups -OCH3 is 2. The third kappa shape index (κ3) is 4.26. The fourth-order valence-electron chi connectivity index (χ4n) is 2.91. The Balaban J connectivity index is 2.51. The van der Waals surface area contributed by atoms with E-state index in [0.29, 0.717) is 20.1 Å². The van der Waals surface area contributed by atoms with E-state index in [2.05, 4.69) is 43.4 Å². The van der Waals surface area contributed by atoms with Crippen molar-refractivity contribution in [2.75, 3.05) is 21.3 Å². The first-order valence-electron chi connectivity index (χ1n) is 8.45. The summed E-state index contributed by atoms with van der Waals surface area (Å²) in [6.07, 6.45) is 0.892. The SMILES string of the molecule is CCC(C)(Pc1ccccc1CNC)c1cc(OC)cc(OC)c1O. The van der Waals surface area contributed by atoms with Crippen molar-refractivity contribution in [2.24, 2.45) is 0 Å². The molecule has 0 aliphatic rings. The molecule has 0 aliphatic heterocycles. The Hall–Kier alpha value is -1.77. The summed E-state index contributed by atoms with van der Waals surface area (Å²) in [6.45, 7) is 5.17. The van der Waals surface area contributed by atoms with Crippen LogP contribution in [-0.4, -0.2) is 26.4 Å². The van der Waals surface area contributed by atoms with Gasteiger partial charge in [-0.15, -0.1) is 0 Å². The van der Waals surface area contributed by atoms with Crippen LogP contribution in [0.2, 0.25) is 0 Å². The van der Waals surface area contributed by atoms with E-state index in [0.717, 1.165) is 18.5 Å². The van der Waals surface area contributed by atoms with Gasteiger partial charge in [-0.3, -0.25) is 0 Å². The van der Waals surface area contributed by atoms with Gasteiger partial charge >= 0.3 is 0 Å². The second-order valence-corrected chi connectivity index (χ2v) is 8.12. The van der Waals surface area contributed by atoms with Crippen molar-refractivity contribution >= 4 is 13.9 Å². The van der Waals surface area contributed by atoms with Crippen LogP contribution in [0.5, 0.6) is 17.2 Å². The molecule has 2 aromatic rings. The van der Waals surface area contributed by atoms with Crippen molar-refractivity contribution in [1.29, 1.82) is 0 Å². The van der Waals surface area contributed by atoms with Gasteiger partial charge < -0.3 is 19.9 Å². The first-order valence-corrected chi connectivity index (χ1v) is 9.45. The first kappa shape index (κ1) is 19.6. The Morgan fingerprint density at radius 1 is 1.16 bits per heavy atom. The van der Waals surface area contributed by atoms with Crippen LogP contribution in [0.3, 0.4) is 0 Å². The Morgan fingerprint density at radius 3 is 2.48 bits per heavy atom. The van der Waals surface area contributed by atoms with Crippen molar-refractivity contribution in [1.82, 2.24) is 5.32 Å². The number of rotatable bonds is 8. The third-order valence-corrected chi connectivity index (χ3v) is 6.53. The van der Waals surface area contributed by atoms with Gasteiger partial charge in [0, 0.05) is 23.3 Å². The molecule has 0 saturated heterocycles. The summed E-state index contributed by atoms with van der Waals surface area (Å²) in [5.41, 5.74) is 2.15. The molecule has 0 radical (unpaired) electrons. The van der Waals surface area contributed by atoms with Crippen LogP contribution >= 0.6 is 8.58 Å². The van der Waals surface area contributed by atoms with Crippen LogP contribution in [0.15, 0.2) is 36.4 Å². The molecule has 25 heavy (non-hydrogen) atoms. The molecule has 0 amide bonds. The van der Waals surface area contributed by atoms with Gasteiger partial charge in [0.1, 0.15) is 5.75 Å². The highest BCUT2D eigenvalue weighted by Gasteiger charge is 2.31. The average Bonchev–Trinajstić information content (AvgIpc) is 2.63. The summed E-state index contributed by atoms with van der Waals surface area (Å²) in [6, 6.07) is 12.1. The Labute approximate surface area is 152 Å². The molecule has 2 rings (SSSR count). The van der Waals surface area contributed by atoms with Gasteiger partial charge in [-0.05, 0) is 30.4 Å². The van der Waals surface area contributed by atoms with E-state index < -0.39 is 0 Å². The highest BCUT2D eigenvalue weighted by Crippen LogP contribution is 2.50. The maximum absolute atomic E-state index is 10.7. The van der Waals surface area contributed by atoms with Crippen LogP contribution in [0.1, 0.15) is 31.4 Å². The number of phenolic OH excluding ortho intramolecular Hbond substituents is 1. The van der Waals surface area contributed by atoms with Gasteiger partial charge in [0.15, 0.2) is 11.5 Å². The van der Waals surface area contributed by atoms with Crippen LogP contribution in [0.25, 0.3) is 0 Å². The lowest BCUT2D eigenvalue weighted by atomic mass is 9.95. The standard InChI is InChI=1S/C20H28NO3P/c1-6-20(2,25-18-10-8-7-9-14(18)13-21-3)16-11-15(23-4)12-17(24-5)19(16)22/h7-12,21-22,25H,6,13H2,1-5H3. The van der Waals surface area contributed by atoms with Gasteiger partial charge in [-0.2, -0.15) is 0 Å². The largest absolute Gasteiger partial charge is 0.504 e. The maximum atomic E-state index is 10.7. The average molecular weight is 361 g/mol. The van der Waals surface area contributed by atoms with Crippen molar-refractivity contribution in [3.8, 4) is 17.2 Å². The number of benzene rings is 2. The predicted octanol–water partition coefficient (Wildman–Crippen LogP) is 3.76. The van der Waals surface area contributed by atoms with Crippen molar-refractivity contribution < 1.29 is 14.6 Å². The van der Waals surface area contributed by atoms with Gasteiger partial charge in [0.25, 0.3) is 0 Å². The van der Waals surface area contributed by atoms with Crippen molar-refractivity contribution in [3.63, 3.8) is 0 Å². The lowest BCUT2D eigenvalue weighted by molar-refractivity contribution is 0.357. The van der Waals surface area contributed by atoms with Crippen molar-refractivity contribution in [3.05, 3.63) is 47.5 Å². The zero-order valence-corrected chi connectivity index (χ0v) is 16.6. The molecule has 5 heteroatoms. The quantitative estimate of drug-likeness (QED) is 0.703. The van der Waals surface area contributed by atoms with Gasteiger partial charge in [0.2, 0.25) is 0 Å². The van der Waals surface area contributed by atoms with E-state index in [9.17, 15) is 5.11 Å². The second kappa shape index (κ2) is 8.55. The van der Waals surface area contributed by atoms with E-state index in [1.54, 1.807) is 20.3 Å². The Kier molecular flexibility index (Phi) is 6.69. The van der Waals surface area contributed by atoms with E-state index >= 15 is 0 Å². The smallest absolute Gasteiger partial charge is 0.164 e. The number of nitrogens with one attached hydrogen (secondary N) is 1. The summed E-state index contributed by atoms with van der Waals surface area (Å²) in [5.74, 6) is 1.34. The molecule has 2 aromatic carbocycles. The fraction of sp³-hybridized carbons (Fsp3) is 0.400. The molecular formula is C20H28NO3P. The molecule has 0 aliphatic carbocycles. The fourth-order valence-corrected chi connectivity index (χ4v) is 4.52. The Morgan fingerprint density at radius 2 is 1.88 bits per heavy atom. The zero-order chi connectivity index (χ0) is 18.4. The molecule has 2 atom stereocenters. The van der Waals surface area contributed by atoms with Gasteiger partial charge in [-0.25, -0.2) is 0 Å². The first-order chi connectivity index (χ1) is 12.0. The van der Waals surface area contributed by atoms with Crippen LogP contribution in [0.4, 0.5) is 0 Å². The molecule has 0 heterocycles. The lowest BCUT2D eigenvalue weighted by Gasteiger charge is -2.31. The molecule has 0 bridgehead atoms. The zero-order valence-electron chi connectivity index (χ0n) is 15.6. The minimum atomic E-state index is -0.213.